The number of carbonyl (C=O) groups is 1. The number of aliphatic carboxylic acids is 1. The van der Waals surface area contributed by atoms with E-state index in [-0.39, 0.29) is 5.75 Å². The number of carboxylic acid groups (broad SMARTS) is 1. The quantitative estimate of drug-likeness (QED) is 0.530. The van der Waals surface area contributed by atoms with Gasteiger partial charge in [0.1, 0.15) is 12.1 Å². The molecule has 0 bridgehead atoms. The molecule has 1 aliphatic heterocycles. The highest BCUT2D eigenvalue weighted by atomic mass is 32.2. The lowest BCUT2D eigenvalue weighted by Gasteiger charge is -2.23. The van der Waals surface area contributed by atoms with E-state index in [1.807, 2.05) is 0 Å². The van der Waals surface area contributed by atoms with Crippen molar-refractivity contribution in [1.29, 1.82) is 5.26 Å². The van der Waals surface area contributed by atoms with E-state index in [0.29, 0.717) is 0 Å². The Morgan fingerprint density at radius 2 is 2.15 bits per heavy atom. The number of nitrogens with one attached hydrogen (secondary N) is 1. The number of hydrogen-bond donors (Lipinski definition) is 2. The van der Waals surface area contributed by atoms with E-state index in [2.05, 4.69) is 5.32 Å². The summed E-state index contributed by atoms with van der Waals surface area (Å²) in [6.45, 7) is 0. The number of nitriles is 1. The zero-order chi connectivity index (χ0) is 10.1. The summed E-state index contributed by atoms with van der Waals surface area (Å²) in [6, 6.07) is -0.390. The maximum atomic E-state index is 11.1. The summed E-state index contributed by atoms with van der Waals surface area (Å²) in [5.41, 5.74) is 0. The molecule has 2 N–H and O–H groups in total. The lowest BCUT2D eigenvalue weighted by molar-refractivity contribution is -0.139. The van der Waals surface area contributed by atoms with Crippen molar-refractivity contribution in [2.75, 3.05) is 11.5 Å². The Morgan fingerprint density at radius 3 is 2.62 bits per heavy atom. The topological polar surface area (TPSA) is 107 Å². The molecule has 13 heavy (non-hydrogen) atoms. The van der Waals surface area contributed by atoms with E-state index >= 15 is 0 Å². The van der Waals surface area contributed by atoms with Crippen molar-refractivity contribution >= 4 is 15.8 Å². The number of sulfone groups is 1. The smallest absolute Gasteiger partial charge is 0.321 e. The van der Waals surface area contributed by atoms with Crippen molar-refractivity contribution in [3.63, 3.8) is 0 Å². The predicted octanol–water partition coefficient (Wildman–Crippen LogP) is -1.65. The van der Waals surface area contributed by atoms with Crippen LogP contribution in [0.3, 0.4) is 0 Å². The number of carboxylic acids is 1. The van der Waals surface area contributed by atoms with Gasteiger partial charge in [0.05, 0.1) is 17.6 Å². The lowest BCUT2D eigenvalue weighted by Crippen LogP contribution is -2.54. The van der Waals surface area contributed by atoms with Gasteiger partial charge in [0.15, 0.2) is 9.84 Å². The molecule has 1 saturated heterocycles. The van der Waals surface area contributed by atoms with Crippen LogP contribution in [0.15, 0.2) is 0 Å². The zero-order valence-electron chi connectivity index (χ0n) is 6.60. The molecule has 1 heterocycles. The fraction of sp³-hybridized carbons (Fsp3) is 0.667. The number of nitrogens with zero attached hydrogens (tertiary/aromatic N) is 1. The Balaban J connectivity index is 2.85. The van der Waals surface area contributed by atoms with E-state index in [1.54, 1.807) is 6.07 Å². The highest BCUT2D eigenvalue weighted by Gasteiger charge is 2.34. The minimum absolute atomic E-state index is 0.312. The summed E-state index contributed by atoms with van der Waals surface area (Å²) in [7, 11) is -3.40. The Morgan fingerprint density at radius 1 is 1.54 bits per heavy atom. The van der Waals surface area contributed by atoms with Crippen LogP contribution in [0, 0.1) is 11.3 Å². The van der Waals surface area contributed by atoms with Crippen molar-refractivity contribution < 1.29 is 18.3 Å². The maximum Gasteiger partial charge on any atom is 0.321 e. The minimum atomic E-state index is -3.40. The summed E-state index contributed by atoms with van der Waals surface area (Å²) in [4.78, 5) is 10.5. The second-order valence-corrected chi connectivity index (χ2v) is 4.97. The molecule has 6 nitrogen and oxygen atoms in total. The van der Waals surface area contributed by atoms with Gasteiger partial charge in [-0.2, -0.15) is 5.26 Å². The Hall–Kier alpha value is -1.13. The van der Waals surface area contributed by atoms with Crippen LogP contribution < -0.4 is 5.32 Å². The molecule has 0 spiro atoms. The lowest BCUT2D eigenvalue weighted by atomic mass is 10.2. The van der Waals surface area contributed by atoms with Crippen molar-refractivity contribution in [2.24, 2.45) is 0 Å². The second kappa shape index (κ2) is 3.32. The van der Waals surface area contributed by atoms with Crippen LogP contribution >= 0.6 is 0 Å². The van der Waals surface area contributed by atoms with Gasteiger partial charge in [-0.15, -0.1) is 0 Å². The predicted molar refractivity (Wildman–Crippen MR) is 42.6 cm³/mol. The molecule has 1 fully saturated rings. The molecule has 0 radical (unpaired) electrons. The van der Waals surface area contributed by atoms with Crippen LogP contribution in [-0.4, -0.2) is 43.1 Å². The molecule has 2 unspecified atom stereocenters. The fourth-order valence-corrected chi connectivity index (χ4v) is 2.69. The molecule has 0 aliphatic carbocycles. The number of hydrogen-bond acceptors (Lipinski definition) is 5. The first-order valence-electron chi connectivity index (χ1n) is 3.53. The third-order valence-corrected chi connectivity index (χ3v) is 3.38. The Bertz CT molecular complexity index is 355. The normalized spacial score (nSPS) is 31.9. The fourth-order valence-electron chi connectivity index (χ4n) is 1.13. The van der Waals surface area contributed by atoms with Crippen LogP contribution in [0.25, 0.3) is 0 Å². The molecule has 0 saturated carbocycles. The van der Waals surface area contributed by atoms with Gasteiger partial charge >= 0.3 is 5.97 Å². The minimum Gasteiger partial charge on any atom is -0.480 e. The van der Waals surface area contributed by atoms with Crippen LogP contribution in [-0.2, 0) is 14.6 Å². The van der Waals surface area contributed by atoms with Gasteiger partial charge in [-0.1, -0.05) is 0 Å². The average Bonchev–Trinajstić information content (AvgIpc) is 2.01. The van der Waals surface area contributed by atoms with E-state index in [0.717, 1.165) is 0 Å². The van der Waals surface area contributed by atoms with E-state index in [4.69, 9.17) is 10.4 Å². The van der Waals surface area contributed by atoms with Gasteiger partial charge < -0.3 is 5.11 Å². The van der Waals surface area contributed by atoms with E-state index in [9.17, 15) is 13.2 Å². The Labute approximate surface area is 75.1 Å². The first-order valence-corrected chi connectivity index (χ1v) is 5.35. The van der Waals surface area contributed by atoms with Crippen LogP contribution in [0.4, 0.5) is 0 Å². The van der Waals surface area contributed by atoms with Crippen molar-refractivity contribution in [3.05, 3.63) is 0 Å². The van der Waals surface area contributed by atoms with Gasteiger partial charge in [-0.3, -0.25) is 10.1 Å². The van der Waals surface area contributed by atoms with Crippen molar-refractivity contribution in [2.45, 2.75) is 12.1 Å². The molecule has 0 aromatic carbocycles. The summed E-state index contributed by atoms with van der Waals surface area (Å²) in [5, 5.41) is 19.4. The maximum absolute atomic E-state index is 11.1. The van der Waals surface area contributed by atoms with Crippen LogP contribution in [0.2, 0.25) is 0 Å². The van der Waals surface area contributed by atoms with Gasteiger partial charge in [-0.05, 0) is 0 Å². The van der Waals surface area contributed by atoms with Gasteiger partial charge in [0.2, 0.25) is 0 Å². The van der Waals surface area contributed by atoms with E-state index < -0.39 is 33.6 Å². The van der Waals surface area contributed by atoms with Crippen LogP contribution in [0.1, 0.15) is 0 Å². The molecular weight excluding hydrogens is 196 g/mol. The summed E-state index contributed by atoms with van der Waals surface area (Å²) < 4.78 is 22.2. The third kappa shape index (κ3) is 2.40. The van der Waals surface area contributed by atoms with Gasteiger partial charge in [-0.25, -0.2) is 8.42 Å². The van der Waals surface area contributed by atoms with Gasteiger partial charge in [0.25, 0.3) is 0 Å². The molecule has 0 aromatic heterocycles. The Kier molecular flexibility index (Phi) is 2.54. The number of rotatable bonds is 1. The SMILES string of the molecule is N#CC1CS(=O)(=O)CC(C(=O)O)N1. The van der Waals surface area contributed by atoms with E-state index in [1.165, 1.54) is 0 Å². The third-order valence-electron chi connectivity index (χ3n) is 1.70. The first kappa shape index (κ1) is 9.95. The molecule has 2 atom stereocenters. The molecule has 1 aliphatic rings. The van der Waals surface area contributed by atoms with Crippen molar-refractivity contribution in [3.8, 4) is 6.07 Å². The highest BCUT2D eigenvalue weighted by molar-refractivity contribution is 7.91. The molecule has 1 rings (SSSR count). The second-order valence-electron chi connectivity index (χ2n) is 2.82. The average molecular weight is 204 g/mol. The zero-order valence-corrected chi connectivity index (χ0v) is 7.41. The summed E-state index contributed by atoms with van der Waals surface area (Å²) in [5.74, 6) is -2.00. The standard InChI is InChI=1S/C6H8N2O4S/c7-1-4-2-13(11,12)3-5(8-4)6(9)10/h4-5,8H,2-3H2,(H,9,10). The van der Waals surface area contributed by atoms with Crippen LogP contribution in [0.5, 0.6) is 0 Å². The largest absolute Gasteiger partial charge is 0.480 e. The molecule has 0 amide bonds. The van der Waals surface area contributed by atoms with Crippen molar-refractivity contribution in [1.82, 2.24) is 5.32 Å². The molecular formula is C6H8N2O4S. The summed E-state index contributed by atoms with van der Waals surface area (Å²) >= 11 is 0. The first-order chi connectivity index (χ1) is 5.94. The van der Waals surface area contributed by atoms with Gasteiger partial charge in [0, 0.05) is 0 Å². The monoisotopic (exact) mass is 204 g/mol. The molecule has 0 aromatic rings. The highest BCUT2D eigenvalue weighted by Crippen LogP contribution is 2.06. The summed E-state index contributed by atoms with van der Waals surface area (Å²) in [6.07, 6.45) is 0. The molecule has 72 valence electrons. The molecule has 7 heteroatoms.